The number of ketones is 1. The first-order valence-electron chi connectivity index (χ1n) is 9.00. The first-order chi connectivity index (χ1) is 14.9. The van der Waals surface area contributed by atoms with Gasteiger partial charge in [-0.1, -0.05) is 30.3 Å². The number of rotatable bonds is 2. The zero-order chi connectivity index (χ0) is 23.4. The Bertz CT molecular complexity index is 1430. The van der Waals surface area contributed by atoms with Crippen LogP contribution in [0.25, 0.3) is 27.4 Å². The van der Waals surface area contributed by atoms with E-state index < -0.39 is 40.6 Å². The quantitative estimate of drug-likeness (QED) is 0.245. The predicted molar refractivity (Wildman–Crippen MR) is 104 cm³/mol. The molecule has 0 radical (unpaired) electrons. The Labute approximate surface area is 174 Å². The zero-order valence-corrected chi connectivity index (χ0v) is 15.8. The van der Waals surface area contributed by atoms with Gasteiger partial charge in [0.25, 0.3) is 11.3 Å². The summed E-state index contributed by atoms with van der Waals surface area (Å²) >= 11 is 0. The molecule has 0 fully saturated rings. The van der Waals surface area contributed by atoms with Gasteiger partial charge < -0.3 is 5.11 Å². The van der Waals surface area contributed by atoms with E-state index in [9.17, 15) is 41.0 Å². The SMILES string of the molecule is O=C(c1c(O)c2ccc3ccccc3c2n(-c2ccc(C(F)(F)F)cc2)c1=O)C(F)(F)F. The molecule has 32 heavy (non-hydrogen) atoms. The van der Waals surface area contributed by atoms with Crippen LogP contribution in [0.2, 0.25) is 0 Å². The largest absolute Gasteiger partial charge is 0.506 e. The number of carbonyl (C=O) groups excluding carboxylic acids is 1. The van der Waals surface area contributed by atoms with Gasteiger partial charge in [-0.2, -0.15) is 26.3 Å². The van der Waals surface area contributed by atoms with Gasteiger partial charge in [0, 0.05) is 16.5 Å². The maximum absolute atomic E-state index is 13.1. The number of halogens is 6. The second kappa shape index (κ2) is 7.11. The van der Waals surface area contributed by atoms with Crippen LogP contribution in [0.4, 0.5) is 26.3 Å². The molecule has 0 amide bonds. The number of Topliss-reactive ketones (excluding diaryl/α,β-unsaturated/α-hetero) is 1. The third-order valence-electron chi connectivity index (χ3n) is 4.97. The average molecular weight is 451 g/mol. The molecule has 164 valence electrons. The number of carbonyl (C=O) groups is 1. The van der Waals surface area contributed by atoms with Gasteiger partial charge in [0.2, 0.25) is 0 Å². The molecule has 4 aromatic rings. The Hall–Kier alpha value is -3.82. The van der Waals surface area contributed by atoms with Crippen LogP contribution in [0.15, 0.2) is 65.5 Å². The summed E-state index contributed by atoms with van der Waals surface area (Å²) in [5.41, 5.74) is -4.31. The van der Waals surface area contributed by atoms with Crippen LogP contribution in [0, 0.1) is 0 Å². The highest BCUT2D eigenvalue weighted by atomic mass is 19.4. The van der Waals surface area contributed by atoms with E-state index in [1.807, 2.05) is 0 Å². The number of aromatic nitrogens is 1. The van der Waals surface area contributed by atoms with Gasteiger partial charge in [0.15, 0.2) is 0 Å². The van der Waals surface area contributed by atoms with Crippen LogP contribution < -0.4 is 5.56 Å². The molecule has 1 N–H and O–H groups in total. The number of aromatic hydroxyl groups is 1. The molecule has 1 aromatic heterocycles. The summed E-state index contributed by atoms with van der Waals surface area (Å²) in [4.78, 5) is 25.0. The minimum Gasteiger partial charge on any atom is -0.506 e. The van der Waals surface area contributed by atoms with Gasteiger partial charge in [-0.15, -0.1) is 0 Å². The van der Waals surface area contributed by atoms with E-state index >= 15 is 0 Å². The zero-order valence-electron chi connectivity index (χ0n) is 15.8. The summed E-state index contributed by atoms with van der Waals surface area (Å²) in [6.07, 6.45) is -10.1. The van der Waals surface area contributed by atoms with E-state index in [1.165, 1.54) is 18.2 Å². The Balaban J connectivity index is 2.18. The Morgan fingerprint density at radius 2 is 1.44 bits per heavy atom. The number of fused-ring (bicyclic) bond motifs is 3. The molecule has 0 spiro atoms. The fourth-order valence-corrected chi connectivity index (χ4v) is 3.53. The van der Waals surface area contributed by atoms with Gasteiger partial charge in [0.1, 0.15) is 11.3 Å². The number of hydrogen-bond acceptors (Lipinski definition) is 3. The highest BCUT2D eigenvalue weighted by Crippen LogP contribution is 2.36. The lowest BCUT2D eigenvalue weighted by molar-refractivity contribution is -0.137. The average Bonchev–Trinajstić information content (AvgIpc) is 2.72. The lowest BCUT2D eigenvalue weighted by atomic mass is 10.0. The van der Waals surface area contributed by atoms with Crippen molar-refractivity contribution >= 4 is 27.5 Å². The molecule has 0 atom stereocenters. The van der Waals surface area contributed by atoms with E-state index in [-0.39, 0.29) is 16.6 Å². The fraction of sp³-hybridized carbons (Fsp3) is 0.0909. The highest BCUT2D eigenvalue weighted by molar-refractivity contribution is 6.12. The van der Waals surface area contributed by atoms with E-state index in [0.717, 1.165) is 12.1 Å². The van der Waals surface area contributed by atoms with Crippen molar-refractivity contribution in [1.29, 1.82) is 0 Å². The standard InChI is InChI=1S/C22H11F6NO3/c23-21(24,25)12-6-8-13(9-7-12)29-17-14-4-2-1-3-11(14)5-10-15(17)18(30)16(20(29)32)19(31)22(26,27)28/h1-10,30H. The normalized spacial score (nSPS) is 12.4. The van der Waals surface area contributed by atoms with Crippen LogP contribution in [0.3, 0.4) is 0 Å². The molecule has 0 aliphatic heterocycles. The van der Waals surface area contributed by atoms with Gasteiger partial charge in [0.05, 0.1) is 11.1 Å². The molecule has 0 aliphatic rings. The maximum atomic E-state index is 13.1. The van der Waals surface area contributed by atoms with Crippen molar-refractivity contribution in [3.63, 3.8) is 0 Å². The van der Waals surface area contributed by atoms with Gasteiger partial charge >= 0.3 is 12.4 Å². The van der Waals surface area contributed by atoms with Crippen molar-refractivity contribution in [1.82, 2.24) is 4.57 Å². The lowest BCUT2D eigenvalue weighted by Gasteiger charge is -2.17. The van der Waals surface area contributed by atoms with Crippen molar-refractivity contribution in [3.05, 3.63) is 82.1 Å². The second-order valence-corrected chi connectivity index (χ2v) is 6.92. The third kappa shape index (κ3) is 3.37. The fourth-order valence-electron chi connectivity index (χ4n) is 3.53. The van der Waals surface area contributed by atoms with Crippen LogP contribution in [-0.4, -0.2) is 21.6 Å². The summed E-state index contributed by atoms with van der Waals surface area (Å²) in [6.45, 7) is 0. The molecule has 4 nitrogen and oxygen atoms in total. The van der Waals surface area contributed by atoms with Crippen molar-refractivity contribution < 1.29 is 36.2 Å². The third-order valence-corrected chi connectivity index (χ3v) is 4.97. The molecule has 0 unspecified atom stereocenters. The molecule has 3 aromatic carbocycles. The van der Waals surface area contributed by atoms with Crippen LogP contribution >= 0.6 is 0 Å². The molecule has 0 bridgehead atoms. The van der Waals surface area contributed by atoms with E-state index in [0.29, 0.717) is 27.5 Å². The first kappa shape index (κ1) is 21.4. The summed E-state index contributed by atoms with van der Waals surface area (Å²) in [7, 11) is 0. The number of nitrogens with zero attached hydrogens (tertiary/aromatic N) is 1. The second-order valence-electron chi connectivity index (χ2n) is 6.92. The molecule has 4 rings (SSSR count). The van der Waals surface area contributed by atoms with E-state index in [1.54, 1.807) is 18.2 Å². The molecule has 1 heterocycles. The first-order valence-corrected chi connectivity index (χ1v) is 9.00. The lowest BCUT2D eigenvalue weighted by Crippen LogP contribution is -2.33. The van der Waals surface area contributed by atoms with Gasteiger partial charge in [-0.25, -0.2) is 0 Å². The topological polar surface area (TPSA) is 59.3 Å². The number of pyridine rings is 1. The smallest absolute Gasteiger partial charge is 0.455 e. The Kier molecular flexibility index (Phi) is 4.76. The molecular weight excluding hydrogens is 440 g/mol. The van der Waals surface area contributed by atoms with Crippen molar-refractivity contribution in [2.24, 2.45) is 0 Å². The highest BCUT2D eigenvalue weighted by Gasteiger charge is 2.43. The van der Waals surface area contributed by atoms with E-state index in [2.05, 4.69) is 0 Å². The number of alkyl halides is 6. The minimum atomic E-state index is -5.46. The van der Waals surface area contributed by atoms with E-state index in [4.69, 9.17) is 0 Å². The summed E-state index contributed by atoms with van der Waals surface area (Å²) in [5.74, 6) is -3.71. The molecule has 0 aliphatic carbocycles. The monoisotopic (exact) mass is 451 g/mol. The summed E-state index contributed by atoms with van der Waals surface area (Å²) < 4.78 is 78.9. The maximum Gasteiger partial charge on any atom is 0.455 e. The van der Waals surface area contributed by atoms with Gasteiger partial charge in [-0.05, 0) is 35.7 Å². The molecule has 10 heteroatoms. The summed E-state index contributed by atoms with van der Waals surface area (Å²) in [6, 6.07) is 12.3. The van der Waals surface area contributed by atoms with Crippen LogP contribution in [-0.2, 0) is 6.18 Å². The molecular formula is C22H11F6NO3. The van der Waals surface area contributed by atoms with Crippen molar-refractivity contribution in [3.8, 4) is 11.4 Å². The molecule has 0 saturated carbocycles. The predicted octanol–water partition coefficient (Wildman–Crippen LogP) is 5.61. The van der Waals surface area contributed by atoms with Crippen LogP contribution in [0.1, 0.15) is 15.9 Å². The molecule has 0 saturated heterocycles. The number of hydrogen-bond donors (Lipinski definition) is 1. The van der Waals surface area contributed by atoms with Crippen LogP contribution in [0.5, 0.6) is 5.75 Å². The van der Waals surface area contributed by atoms with Crippen molar-refractivity contribution in [2.75, 3.05) is 0 Å². The van der Waals surface area contributed by atoms with Gasteiger partial charge in [-0.3, -0.25) is 14.2 Å². The summed E-state index contributed by atoms with van der Waals surface area (Å²) in [5, 5.41) is 11.1. The Morgan fingerprint density at radius 3 is 2.03 bits per heavy atom. The minimum absolute atomic E-state index is 0.0518. The van der Waals surface area contributed by atoms with Crippen molar-refractivity contribution in [2.45, 2.75) is 12.4 Å². The Morgan fingerprint density at radius 1 is 0.812 bits per heavy atom. The number of benzene rings is 3.